The first kappa shape index (κ1) is 18.2. The lowest BCUT2D eigenvalue weighted by atomic mass is 9.79. The summed E-state index contributed by atoms with van der Waals surface area (Å²) in [6, 6.07) is 8.43. The Balaban J connectivity index is 1.49. The second kappa shape index (κ2) is 7.18. The molecule has 1 aliphatic carbocycles. The van der Waals surface area contributed by atoms with E-state index in [1.165, 1.54) is 32.1 Å². The molecule has 28 heavy (non-hydrogen) atoms. The van der Waals surface area contributed by atoms with Gasteiger partial charge in [0.05, 0.1) is 17.1 Å². The summed E-state index contributed by atoms with van der Waals surface area (Å²) in [7, 11) is 2.10. The van der Waals surface area contributed by atoms with Gasteiger partial charge in [0, 0.05) is 13.6 Å². The highest BCUT2D eigenvalue weighted by atomic mass is 16.2. The fourth-order valence-corrected chi connectivity index (χ4v) is 5.95. The van der Waals surface area contributed by atoms with Gasteiger partial charge >= 0.3 is 0 Å². The van der Waals surface area contributed by atoms with Crippen LogP contribution in [0.1, 0.15) is 69.7 Å². The van der Waals surface area contributed by atoms with Crippen LogP contribution in [0.15, 0.2) is 24.3 Å². The molecule has 1 aromatic heterocycles. The van der Waals surface area contributed by atoms with Gasteiger partial charge in [-0.1, -0.05) is 31.4 Å². The van der Waals surface area contributed by atoms with E-state index in [4.69, 9.17) is 4.98 Å². The van der Waals surface area contributed by atoms with Crippen LogP contribution in [-0.2, 0) is 11.8 Å². The molecule has 2 aromatic rings. The fraction of sp³-hybridized carbons (Fsp3) is 0.652. The molecule has 2 saturated heterocycles. The molecule has 150 valence electrons. The summed E-state index contributed by atoms with van der Waals surface area (Å²) in [4.78, 5) is 23.8. The highest BCUT2D eigenvalue weighted by Gasteiger charge is 2.49. The van der Waals surface area contributed by atoms with Gasteiger partial charge in [0.1, 0.15) is 11.4 Å². The Kier molecular flexibility index (Phi) is 4.66. The second-order valence-electron chi connectivity index (χ2n) is 8.96. The molecule has 0 spiro atoms. The molecule has 0 bridgehead atoms. The minimum absolute atomic E-state index is 0.117. The van der Waals surface area contributed by atoms with Crippen LogP contribution < -0.4 is 0 Å². The Hall–Kier alpha value is -1.88. The number of nitrogens with zero attached hydrogens (tertiary/aromatic N) is 4. The van der Waals surface area contributed by atoms with E-state index in [-0.39, 0.29) is 11.6 Å². The molecule has 1 unspecified atom stereocenters. The maximum Gasteiger partial charge on any atom is 0.243 e. The second-order valence-corrected chi connectivity index (χ2v) is 8.96. The molecule has 5 heteroatoms. The maximum absolute atomic E-state index is 14.1. The third kappa shape index (κ3) is 2.78. The monoisotopic (exact) mass is 380 g/mol. The Morgan fingerprint density at radius 2 is 1.75 bits per heavy atom. The lowest BCUT2D eigenvalue weighted by molar-refractivity contribution is -0.148. The number of para-hydroxylation sites is 2. The Bertz CT molecular complexity index is 861. The summed E-state index contributed by atoms with van der Waals surface area (Å²) in [5.74, 6) is 1.45. The van der Waals surface area contributed by atoms with E-state index in [0.29, 0.717) is 5.91 Å². The number of aryl methyl sites for hydroxylation is 1. The van der Waals surface area contributed by atoms with E-state index in [9.17, 15) is 4.79 Å². The number of amides is 1. The van der Waals surface area contributed by atoms with Gasteiger partial charge in [0.25, 0.3) is 0 Å². The molecule has 3 aliphatic rings. The molecular weight excluding hydrogens is 348 g/mol. The van der Waals surface area contributed by atoms with Gasteiger partial charge < -0.3 is 9.47 Å². The molecule has 0 radical (unpaired) electrons. The van der Waals surface area contributed by atoms with Crippen molar-refractivity contribution < 1.29 is 4.79 Å². The maximum atomic E-state index is 14.1. The highest BCUT2D eigenvalue weighted by Crippen LogP contribution is 2.42. The Morgan fingerprint density at radius 3 is 2.50 bits per heavy atom. The molecule has 3 fully saturated rings. The molecular formula is C23H32N4O. The quantitative estimate of drug-likeness (QED) is 0.807. The van der Waals surface area contributed by atoms with Crippen LogP contribution in [0.4, 0.5) is 0 Å². The Morgan fingerprint density at radius 1 is 1.00 bits per heavy atom. The third-order valence-corrected chi connectivity index (χ3v) is 7.42. The summed E-state index contributed by atoms with van der Waals surface area (Å²) >= 11 is 0. The molecule has 1 saturated carbocycles. The van der Waals surface area contributed by atoms with Crippen LogP contribution in [0.25, 0.3) is 11.0 Å². The first-order valence-electron chi connectivity index (χ1n) is 11.2. The minimum Gasteiger partial charge on any atom is -0.331 e. The number of likely N-dealkylation sites (tertiary alicyclic amines) is 2. The average Bonchev–Trinajstić information content (AvgIpc) is 3.48. The standard InChI is InChI=1S/C23H32N4O/c1-25-19-11-4-3-10-18(19)24-21(25)20-12-9-17-27(20)22(28)23(13-5-2-6-14-23)26-15-7-8-16-26/h3-4,10-11,20H,2,5-9,12-17H2,1H3. The SMILES string of the molecule is Cn1c(C2CCCN2C(=O)C2(N3CCCC3)CCCCC2)nc2ccccc21. The van der Waals surface area contributed by atoms with Crippen molar-refractivity contribution in [1.29, 1.82) is 0 Å². The van der Waals surface area contributed by atoms with Gasteiger partial charge in [-0.15, -0.1) is 0 Å². The van der Waals surface area contributed by atoms with Crippen molar-refractivity contribution in [3.63, 3.8) is 0 Å². The van der Waals surface area contributed by atoms with Gasteiger partial charge in [-0.3, -0.25) is 9.69 Å². The van der Waals surface area contributed by atoms with Gasteiger partial charge in [-0.2, -0.15) is 0 Å². The van der Waals surface area contributed by atoms with Gasteiger partial charge in [0.2, 0.25) is 5.91 Å². The van der Waals surface area contributed by atoms with Gasteiger partial charge in [-0.25, -0.2) is 4.98 Å². The zero-order valence-electron chi connectivity index (χ0n) is 17.1. The van der Waals surface area contributed by atoms with Crippen LogP contribution in [0.2, 0.25) is 0 Å². The van der Waals surface area contributed by atoms with Crippen LogP contribution in [0, 0.1) is 0 Å². The average molecular weight is 381 g/mol. The van der Waals surface area contributed by atoms with Gasteiger partial charge in [-0.05, 0) is 63.7 Å². The predicted molar refractivity (Wildman–Crippen MR) is 111 cm³/mol. The normalized spacial score (nSPS) is 25.6. The largest absolute Gasteiger partial charge is 0.331 e. The van der Waals surface area contributed by atoms with Crippen molar-refractivity contribution in [3.05, 3.63) is 30.1 Å². The molecule has 0 N–H and O–H groups in total. The van der Waals surface area contributed by atoms with E-state index in [2.05, 4.69) is 39.6 Å². The Labute approximate surface area is 167 Å². The summed E-state index contributed by atoms with van der Waals surface area (Å²) in [5.41, 5.74) is 1.94. The number of fused-ring (bicyclic) bond motifs is 1. The van der Waals surface area contributed by atoms with Crippen LogP contribution >= 0.6 is 0 Å². The van der Waals surface area contributed by atoms with E-state index in [1.807, 2.05) is 6.07 Å². The lowest BCUT2D eigenvalue weighted by Gasteiger charge is -2.46. The van der Waals surface area contributed by atoms with E-state index < -0.39 is 0 Å². The molecule has 1 atom stereocenters. The molecule has 1 amide bonds. The third-order valence-electron chi connectivity index (χ3n) is 7.42. The number of hydrogen-bond donors (Lipinski definition) is 0. The zero-order valence-corrected chi connectivity index (χ0v) is 17.1. The minimum atomic E-state index is -0.248. The molecule has 2 aliphatic heterocycles. The molecule has 1 aromatic carbocycles. The number of hydrogen-bond acceptors (Lipinski definition) is 3. The lowest BCUT2D eigenvalue weighted by Crippen LogP contribution is -2.59. The molecule has 5 rings (SSSR count). The number of rotatable bonds is 3. The van der Waals surface area contributed by atoms with Crippen molar-refractivity contribution in [2.24, 2.45) is 7.05 Å². The number of benzene rings is 1. The predicted octanol–water partition coefficient (Wildman–Crippen LogP) is 4.04. The van der Waals surface area contributed by atoms with Crippen LogP contribution in [0.3, 0.4) is 0 Å². The summed E-state index contributed by atoms with van der Waals surface area (Å²) < 4.78 is 2.20. The van der Waals surface area contributed by atoms with Crippen molar-refractivity contribution in [3.8, 4) is 0 Å². The first-order chi connectivity index (χ1) is 13.7. The smallest absolute Gasteiger partial charge is 0.243 e. The first-order valence-corrected chi connectivity index (χ1v) is 11.2. The topological polar surface area (TPSA) is 41.4 Å². The fourth-order valence-electron chi connectivity index (χ4n) is 5.95. The van der Waals surface area contributed by atoms with E-state index in [0.717, 1.165) is 62.2 Å². The number of imidazole rings is 1. The highest BCUT2D eigenvalue weighted by molar-refractivity contribution is 5.87. The summed E-state index contributed by atoms with van der Waals surface area (Å²) in [5, 5.41) is 0. The number of aromatic nitrogens is 2. The number of carbonyl (C=O) groups excluding carboxylic acids is 1. The number of carbonyl (C=O) groups is 1. The van der Waals surface area contributed by atoms with Crippen LogP contribution in [-0.4, -0.2) is 50.4 Å². The van der Waals surface area contributed by atoms with Crippen molar-refractivity contribution in [2.75, 3.05) is 19.6 Å². The van der Waals surface area contributed by atoms with Crippen molar-refractivity contribution in [2.45, 2.75) is 69.4 Å². The van der Waals surface area contributed by atoms with Crippen molar-refractivity contribution in [1.82, 2.24) is 19.4 Å². The van der Waals surface area contributed by atoms with Crippen LogP contribution in [0.5, 0.6) is 0 Å². The molecule has 3 heterocycles. The van der Waals surface area contributed by atoms with E-state index in [1.54, 1.807) is 0 Å². The summed E-state index contributed by atoms with van der Waals surface area (Å²) in [6.07, 6.45) is 10.3. The zero-order chi connectivity index (χ0) is 19.1. The van der Waals surface area contributed by atoms with Crippen molar-refractivity contribution >= 4 is 16.9 Å². The van der Waals surface area contributed by atoms with E-state index >= 15 is 0 Å². The summed E-state index contributed by atoms with van der Waals surface area (Å²) in [6.45, 7) is 3.06. The van der Waals surface area contributed by atoms with Gasteiger partial charge in [0.15, 0.2) is 0 Å². The molecule has 5 nitrogen and oxygen atoms in total.